The summed E-state index contributed by atoms with van der Waals surface area (Å²) in [5.41, 5.74) is 0. The first-order valence-electron chi connectivity index (χ1n) is 7.65. The van der Waals surface area contributed by atoms with Gasteiger partial charge in [0.05, 0.1) is 25.2 Å². The second kappa shape index (κ2) is 6.87. The number of fused-ring (bicyclic) bond motifs is 1. The molecule has 0 spiro atoms. The molecule has 0 saturated carbocycles. The molecule has 4 unspecified atom stereocenters. The Bertz CT molecular complexity index is 332. The molecule has 0 bridgehead atoms. The lowest BCUT2D eigenvalue weighted by molar-refractivity contribution is -0.158. The molecule has 5 nitrogen and oxygen atoms in total. The molecular weight excluding hydrogens is 260 g/mol. The van der Waals surface area contributed by atoms with Crippen molar-refractivity contribution < 1.29 is 23.7 Å². The molecule has 20 heavy (non-hydrogen) atoms. The number of carbonyl (C=O) groups excluding carboxylic acids is 1. The SMILES string of the molecule is CCC(C)OC1CO[C@@H]2C(OC(=O)C(C)CC)CO[C@H]12. The van der Waals surface area contributed by atoms with Gasteiger partial charge in [0.15, 0.2) is 6.10 Å². The van der Waals surface area contributed by atoms with Crippen LogP contribution in [0.1, 0.15) is 40.5 Å². The standard InChI is InChI=1S/C15H26O5/c1-5-9(3)15(16)20-12-8-18-13-11(7-17-14(12)13)19-10(4)6-2/h9-14H,5-8H2,1-4H3/t9?,10?,11?,12?,13-,14-/m1/s1. The fraction of sp³-hybridized carbons (Fsp3) is 0.933. The zero-order valence-corrected chi connectivity index (χ0v) is 12.8. The Balaban J connectivity index is 1.87. The molecule has 6 atom stereocenters. The Morgan fingerprint density at radius 1 is 1.10 bits per heavy atom. The highest BCUT2D eigenvalue weighted by Crippen LogP contribution is 2.31. The van der Waals surface area contributed by atoms with E-state index in [9.17, 15) is 4.79 Å². The van der Waals surface area contributed by atoms with E-state index in [1.807, 2.05) is 20.8 Å². The first-order valence-corrected chi connectivity index (χ1v) is 7.65. The molecule has 0 aromatic rings. The van der Waals surface area contributed by atoms with Gasteiger partial charge in [-0.25, -0.2) is 0 Å². The molecule has 5 heteroatoms. The van der Waals surface area contributed by atoms with Crippen LogP contribution in [0.4, 0.5) is 0 Å². The largest absolute Gasteiger partial charge is 0.457 e. The molecular formula is C15H26O5. The van der Waals surface area contributed by atoms with Crippen LogP contribution in [0, 0.1) is 5.92 Å². The van der Waals surface area contributed by atoms with Crippen molar-refractivity contribution in [1.82, 2.24) is 0 Å². The predicted molar refractivity (Wildman–Crippen MR) is 73.4 cm³/mol. The number of carbonyl (C=O) groups is 1. The van der Waals surface area contributed by atoms with Gasteiger partial charge in [-0.1, -0.05) is 20.8 Å². The molecule has 2 aliphatic heterocycles. The summed E-state index contributed by atoms with van der Waals surface area (Å²) >= 11 is 0. The summed E-state index contributed by atoms with van der Waals surface area (Å²) in [7, 11) is 0. The molecule has 0 aromatic carbocycles. The number of rotatable bonds is 6. The Morgan fingerprint density at radius 2 is 1.70 bits per heavy atom. The smallest absolute Gasteiger partial charge is 0.309 e. The molecule has 2 rings (SSSR count). The second-order valence-electron chi connectivity index (χ2n) is 5.77. The van der Waals surface area contributed by atoms with Gasteiger partial charge in [0.2, 0.25) is 0 Å². The monoisotopic (exact) mass is 286 g/mol. The van der Waals surface area contributed by atoms with E-state index in [2.05, 4.69) is 6.92 Å². The lowest BCUT2D eigenvalue weighted by Crippen LogP contribution is -2.36. The van der Waals surface area contributed by atoms with Crippen LogP contribution in [0.2, 0.25) is 0 Å². The minimum Gasteiger partial charge on any atom is -0.457 e. The molecule has 116 valence electrons. The van der Waals surface area contributed by atoms with E-state index in [1.165, 1.54) is 0 Å². The van der Waals surface area contributed by atoms with Crippen LogP contribution in [0.15, 0.2) is 0 Å². The fourth-order valence-electron chi connectivity index (χ4n) is 2.47. The van der Waals surface area contributed by atoms with Crippen molar-refractivity contribution in [1.29, 1.82) is 0 Å². The minimum atomic E-state index is -0.299. The quantitative estimate of drug-likeness (QED) is 0.698. The molecule has 2 heterocycles. The van der Waals surface area contributed by atoms with Crippen LogP contribution < -0.4 is 0 Å². The van der Waals surface area contributed by atoms with Gasteiger partial charge >= 0.3 is 5.97 Å². The lowest BCUT2D eigenvalue weighted by atomic mass is 10.1. The van der Waals surface area contributed by atoms with E-state index in [-0.39, 0.29) is 42.4 Å². The summed E-state index contributed by atoms with van der Waals surface area (Å²) in [6, 6.07) is 0. The molecule has 0 aliphatic carbocycles. The molecule has 0 N–H and O–H groups in total. The third-order valence-electron chi connectivity index (χ3n) is 4.23. The number of hydrogen-bond acceptors (Lipinski definition) is 5. The summed E-state index contributed by atoms with van der Waals surface area (Å²) in [5, 5.41) is 0. The van der Waals surface area contributed by atoms with E-state index >= 15 is 0 Å². The number of hydrogen-bond donors (Lipinski definition) is 0. The van der Waals surface area contributed by atoms with Crippen molar-refractivity contribution in [2.45, 2.75) is 71.1 Å². The van der Waals surface area contributed by atoms with Crippen molar-refractivity contribution >= 4 is 5.97 Å². The maximum Gasteiger partial charge on any atom is 0.309 e. The van der Waals surface area contributed by atoms with E-state index in [1.54, 1.807) is 0 Å². The number of ether oxygens (including phenoxy) is 4. The molecule has 0 radical (unpaired) electrons. The molecule has 2 aliphatic rings. The van der Waals surface area contributed by atoms with Gasteiger partial charge in [-0.2, -0.15) is 0 Å². The summed E-state index contributed by atoms with van der Waals surface area (Å²) in [6.07, 6.45) is 1.28. The van der Waals surface area contributed by atoms with E-state index < -0.39 is 0 Å². The van der Waals surface area contributed by atoms with Crippen molar-refractivity contribution in [2.24, 2.45) is 5.92 Å². The van der Waals surface area contributed by atoms with Gasteiger partial charge in [0.25, 0.3) is 0 Å². The third-order valence-corrected chi connectivity index (χ3v) is 4.23. The van der Waals surface area contributed by atoms with Gasteiger partial charge in [-0.05, 0) is 19.8 Å². The van der Waals surface area contributed by atoms with Crippen LogP contribution in [0.3, 0.4) is 0 Å². The molecule has 2 saturated heterocycles. The second-order valence-corrected chi connectivity index (χ2v) is 5.77. The van der Waals surface area contributed by atoms with Gasteiger partial charge in [0.1, 0.15) is 18.3 Å². The van der Waals surface area contributed by atoms with Crippen LogP contribution in [0.25, 0.3) is 0 Å². The molecule has 0 amide bonds. The Morgan fingerprint density at radius 3 is 2.30 bits per heavy atom. The van der Waals surface area contributed by atoms with Crippen molar-refractivity contribution in [3.05, 3.63) is 0 Å². The van der Waals surface area contributed by atoms with E-state index in [4.69, 9.17) is 18.9 Å². The van der Waals surface area contributed by atoms with Gasteiger partial charge < -0.3 is 18.9 Å². The highest BCUT2D eigenvalue weighted by atomic mass is 16.7. The molecule has 0 aromatic heterocycles. The first kappa shape index (κ1) is 15.7. The summed E-state index contributed by atoms with van der Waals surface area (Å²) in [4.78, 5) is 11.9. The first-order chi connectivity index (χ1) is 9.56. The number of esters is 1. The Hall–Kier alpha value is -0.650. The van der Waals surface area contributed by atoms with Crippen LogP contribution in [0.5, 0.6) is 0 Å². The minimum absolute atomic E-state index is 0.0535. The van der Waals surface area contributed by atoms with Crippen molar-refractivity contribution in [2.75, 3.05) is 13.2 Å². The maximum absolute atomic E-state index is 11.9. The average molecular weight is 286 g/mol. The topological polar surface area (TPSA) is 54.0 Å². The van der Waals surface area contributed by atoms with Gasteiger partial charge in [-0.15, -0.1) is 0 Å². The van der Waals surface area contributed by atoms with E-state index in [0.717, 1.165) is 12.8 Å². The lowest BCUT2D eigenvalue weighted by Gasteiger charge is -2.20. The van der Waals surface area contributed by atoms with Crippen molar-refractivity contribution in [3.8, 4) is 0 Å². The zero-order chi connectivity index (χ0) is 14.7. The predicted octanol–water partition coefficient (Wildman–Crippen LogP) is 1.93. The average Bonchev–Trinajstić information content (AvgIpc) is 3.02. The van der Waals surface area contributed by atoms with Gasteiger partial charge in [0, 0.05) is 0 Å². The fourth-order valence-corrected chi connectivity index (χ4v) is 2.47. The summed E-state index contributed by atoms with van der Waals surface area (Å²) in [5.74, 6) is -0.251. The van der Waals surface area contributed by atoms with Crippen LogP contribution in [-0.2, 0) is 23.7 Å². The van der Waals surface area contributed by atoms with Crippen LogP contribution >= 0.6 is 0 Å². The third kappa shape index (κ3) is 3.32. The highest BCUT2D eigenvalue weighted by molar-refractivity contribution is 5.72. The zero-order valence-electron chi connectivity index (χ0n) is 12.8. The van der Waals surface area contributed by atoms with Crippen molar-refractivity contribution in [3.63, 3.8) is 0 Å². The Kier molecular flexibility index (Phi) is 5.41. The van der Waals surface area contributed by atoms with E-state index in [0.29, 0.717) is 13.2 Å². The van der Waals surface area contributed by atoms with Crippen LogP contribution in [-0.4, -0.2) is 49.7 Å². The maximum atomic E-state index is 11.9. The summed E-state index contributed by atoms with van der Waals surface area (Å²) < 4.78 is 22.9. The van der Waals surface area contributed by atoms with Gasteiger partial charge in [-0.3, -0.25) is 4.79 Å². The molecule has 2 fully saturated rings. The Labute approximate surface area is 120 Å². The normalized spacial score (nSPS) is 35.6. The summed E-state index contributed by atoms with van der Waals surface area (Å²) in [6.45, 7) is 8.89. The highest BCUT2D eigenvalue weighted by Gasteiger charge is 2.50.